The summed E-state index contributed by atoms with van der Waals surface area (Å²) in [6.07, 6.45) is 2.47. The molecule has 2 aromatic carbocycles. The van der Waals surface area contributed by atoms with E-state index in [-0.39, 0.29) is 24.1 Å². The van der Waals surface area contributed by atoms with E-state index in [0.29, 0.717) is 24.7 Å². The van der Waals surface area contributed by atoms with Gasteiger partial charge in [-0.3, -0.25) is 0 Å². The summed E-state index contributed by atoms with van der Waals surface area (Å²) in [5, 5.41) is 4.17. The Morgan fingerprint density at radius 1 is 1.06 bits per heavy atom. The van der Waals surface area contributed by atoms with Crippen LogP contribution in [0.3, 0.4) is 0 Å². The lowest BCUT2D eigenvalue weighted by molar-refractivity contribution is 0.0926. The normalized spacial score (nSPS) is 15.9. The van der Waals surface area contributed by atoms with Gasteiger partial charge in [-0.15, -0.1) is 0 Å². The number of rotatable bonds is 12. The highest BCUT2D eigenvalue weighted by Gasteiger charge is 2.30. The highest BCUT2D eigenvalue weighted by molar-refractivity contribution is 7.89. The van der Waals surface area contributed by atoms with Crippen LogP contribution in [-0.4, -0.2) is 52.8 Å². The fraction of sp³-hybridized carbons (Fsp3) is 0.385. The Bertz CT molecular complexity index is 1190. The van der Waals surface area contributed by atoms with Crippen molar-refractivity contribution >= 4 is 21.4 Å². The van der Waals surface area contributed by atoms with Crippen LogP contribution in [0.5, 0.6) is 17.2 Å². The SMILES string of the molecule is COc1ccc(S(=O)(=O)N(Cc2cccc(OCCc3ccsc3)c2)CC2CCCO2)cc1OC. The summed E-state index contributed by atoms with van der Waals surface area (Å²) < 4.78 is 51.2. The zero-order valence-corrected chi connectivity index (χ0v) is 21.6. The van der Waals surface area contributed by atoms with Gasteiger partial charge < -0.3 is 18.9 Å². The average molecular weight is 518 g/mol. The smallest absolute Gasteiger partial charge is 0.243 e. The Kier molecular flexibility index (Phi) is 8.67. The minimum absolute atomic E-state index is 0.130. The van der Waals surface area contributed by atoms with Crippen LogP contribution < -0.4 is 14.2 Å². The van der Waals surface area contributed by atoms with Crippen molar-refractivity contribution in [3.05, 3.63) is 70.4 Å². The number of hydrogen-bond donors (Lipinski definition) is 0. The van der Waals surface area contributed by atoms with Crippen LogP contribution in [0.1, 0.15) is 24.0 Å². The molecular weight excluding hydrogens is 486 g/mol. The second kappa shape index (κ2) is 11.9. The van der Waals surface area contributed by atoms with Crippen molar-refractivity contribution in [1.29, 1.82) is 0 Å². The van der Waals surface area contributed by atoms with Crippen LogP contribution in [0.25, 0.3) is 0 Å². The maximum atomic E-state index is 13.7. The first-order valence-electron chi connectivity index (χ1n) is 11.6. The predicted molar refractivity (Wildman–Crippen MR) is 136 cm³/mol. The third-order valence-electron chi connectivity index (χ3n) is 5.92. The van der Waals surface area contributed by atoms with Crippen LogP contribution in [0.15, 0.2) is 64.2 Å². The molecule has 0 amide bonds. The molecule has 1 aliphatic heterocycles. The van der Waals surface area contributed by atoms with Gasteiger partial charge in [-0.2, -0.15) is 15.6 Å². The molecule has 188 valence electrons. The van der Waals surface area contributed by atoms with Crippen LogP contribution in [-0.2, 0) is 27.7 Å². The highest BCUT2D eigenvalue weighted by Crippen LogP contribution is 2.32. The molecule has 9 heteroatoms. The van der Waals surface area contributed by atoms with Crippen molar-refractivity contribution in [3.8, 4) is 17.2 Å². The summed E-state index contributed by atoms with van der Waals surface area (Å²) >= 11 is 1.67. The lowest BCUT2D eigenvalue weighted by atomic mass is 10.2. The summed E-state index contributed by atoms with van der Waals surface area (Å²) in [7, 11) is -0.818. The fourth-order valence-electron chi connectivity index (χ4n) is 4.05. The molecule has 0 N–H and O–H groups in total. The van der Waals surface area contributed by atoms with Crippen LogP contribution in [0.4, 0.5) is 0 Å². The van der Waals surface area contributed by atoms with E-state index in [2.05, 4.69) is 16.8 Å². The van der Waals surface area contributed by atoms with Gasteiger partial charge in [0.2, 0.25) is 10.0 Å². The summed E-state index contributed by atoms with van der Waals surface area (Å²) in [5.41, 5.74) is 2.09. The van der Waals surface area contributed by atoms with Gasteiger partial charge in [-0.05, 0) is 65.1 Å². The molecule has 0 radical (unpaired) electrons. The molecule has 35 heavy (non-hydrogen) atoms. The molecule has 1 fully saturated rings. The Morgan fingerprint density at radius 3 is 2.63 bits per heavy atom. The second-order valence-electron chi connectivity index (χ2n) is 8.33. The standard InChI is InChI=1S/C26H31NO6S2/c1-30-25-9-8-24(16-26(25)31-2)35(28,29)27(18-23-7-4-12-32-23)17-21-5-3-6-22(15-21)33-13-10-20-11-14-34-19-20/h3,5-6,8-9,11,14-16,19,23H,4,7,10,12-13,17-18H2,1-2H3. The number of nitrogens with zero attached hydrogens (tertiary/aromatic N) is 1. The van der Waals surface area contributed by atoms with Gasteiger partial charge in [0.05, 0.1) is 31.8 Å². The molecular formula is C26H31NO6S2. The summed E-state index contributed by atoms with van der Waals surface area (Å²) in [6, 6.07) is 14.3. The van der Waals surface area contributed by atoms with E-state index in [4.69, 9.17) is 18.9 Å². The maximum Gasteiger partial charge on any atom is 0.243 e. The van der Waals surface area contributed by atoms with Crippen molar-refractivity contribution in [2.24, 2.45) is 0 Å². The number of methoxy groups -OCH3 is 2. The average Bonchev–Trinajstić information content (AvgIpc) is 3.58. The zero-order valence-electron chi connectivity index (χ0n) is 20.0. The quantitative estimate of drug-likeness (QED) is 0.345. The second-order valence-corrected chi connectivity index (χ2v) is 11.0. The van der Waals surface area contributed by atoms with Crippen LogP contribution >= 0.6 is 11.3 Å². The largest absolute Gasteiger partial charge is 0.493 e. The van der Waals surface area contributed by atoms with E-state index >= 15 is 0 Å². The van der Waals surface area contributed by atoms with Crippen LogP contribution in [0.2, 0.25) is 0 Å². The summed E-state index contributed by atoms with van der Waals surface area (Å²) in [4.78, 5) is 0.149. The van der Waals surface area contributed by atoms with Gasteiger partial charge >= 0.3 is 0 Å². The topological polar surface area (TPSA) is 74.3 Å². The number of hydrogen-bond acceptors (Lipinski definition) is 7. The monoisotopic (exact) mass is 517 g/mol. The summed E-state index contributed by atoms with van der Waals surface area (Å²) in [5.74, 6) is 1.56. The Balaban J connectivity index is 1.53. The number of benzene rings is 2. The third kappa shape index (κ3) is 6.55. The van der Waals surface area contributed by atoms with Crippen molar-refractivity contribution in [2.45, 2.75) is 36.8 Å². The van der Waals surface area contributed by atoms with E-state index in [1.54, 1.807) is 23.5 Å². The van der Waals surface area contributed by atoms with E-state index in [1.807, 2.05) is 24.3 Å². The van der Waals surface area contributed by atoms with Gasteiger partial charge in [0.15, 0.2) is 11.5 Å². The number of ether oxygens (including phenoxy) is 4. The Morgan fingerprint density at radius 2 is 1.91 bits per heavy atom. The van der Waals surface area contributed by atoms with Crippen molar-refractivity contribution in [2.75, 3.05) is 34.0 Å². The molecule has 7 nitrogen and oxygen atoms in total. The maximum absolute atomic E-state index is 13.7. The Hall–Kier alpha value is -2.59. The van der Waals surface area contributed by atoms with Gasteiger partial charge in [0.1, 0.15) is 5.75 Å². The van der Waals surface area contributed by atoms with E-state index < -0.39 is 10.0 Å². The third-order valence-corrected chi connectivity index (χ3v) is 8.46. The van der Waals surface area contributed by atoms with Crippen molar-refractivity contribution in [1.82, 2.24) is 4.31 Å². The fourth-order valence-corrected chi connectivity index (χ4v) is 6.23. The van der Waals surface area contributed by atoms with Gasteiger partial charge in [-0.1, -0.05) is 12.1 Å². The summed E-state index contributed by atoms with van der Waals surface area (Å²) in [6.45, 7) is 1.70. The minimum Gasteiger partial charge on any atom is -0.493 e. The van der Waals surface area contributed by atoms with Crippen LogP contribution in [0, 0.1) is 0 Å². The van der Waals surface area contributed by atoms with E-state index in [9.17, 15) is 8.42 Å². The first kappa shape index (κ1) is 25.5. The molecule has 1 unspecified atom stereocenters. The molecule has 3 aromatic rings. The molecule has 0 saturated carbocycles. The molecule has 1 aliphatic rings. The highest BCUT2D eigenvalue weighted by atomic mass is 32.2. The van der Waals surface area contributed by atoms with Crippen molar-refractivity contribution in [3.63, 3.8) is 0 Å². The minimum atomic E-state index is -3.83. The van der Waals surface area contributed by atoms with Gasteiger partial charge in [0.25, 0.3) is 0 Å². The first-order valence-corrected chi connectivity index (χ1v) is 13.9. The lowest BCUT2D eigenvalue weighted by Crippen LogP contribution is -2.37. The van der Waals surface area contributed by atoms with Gasteiger partial charge in [-0.25, -0.2) is 8.42 Å². The number of thiophene rings is 1. The number of sulfonamides is 1. The van der Waals surface area contributed by atoms with E-state index in [1.165, 1.54) is 30.2 Å². The van der Waals surface area contributed by atoms with Gasteiger partial charge in [0, 0.05) is 32.2 Å². The first-order chi connectivity index (χ1) is 17.0. The molecule has 0 spiro atoms. The molecule has 2 heterocycles. The molecule has 4 rings (SSSR count). The molecule has 0 bridgehead atoms. The van der Waals surface area contributed by atoms with E-state index in [0.717, 1.165) is 30.6 Å². The molecule has 1 saturated heterocycles. The molecule has 0 aliphatic carbocycles. The van der Waals surface area contributed by atoms with Crippen molar-refractivity contribution < 1.29 is 27.4 Å². The lowest BCUT2D eigenvalue weighted by Gasteiger charge is -2.25. The molecule has 1 atom stereocenters. The zero-order chi connectivity index (χ0) is 24.7. The Labute approximate surface area is 211 Å². The predicted octanol–water partition coefficient (Wildman–Crippen LogP) is 4.76. The molecule has 1 aromatic heterocycles.